The molecule has 0 aliphatic heterocycles. The van der Waals surface area contributed by atoms with Gasteiger partial charge in [-0.1, -0.05) is 17.8 Å². The van der Waals surface area contributed by atoms with Crippen LogP contribution < -0.4 is 5.32 Å². The van der Waals surface area contributed by atoms with Crippen molar-refractivity contribution in [2.24, 2.45) is 5.92 Å². The van der Waals surface area contributed by atoms with Gasteiger partial charge in [-0.25, -0.2) is 0 Å². The van der Waals surface area contributed by atoms with E-state index in [1.165, 1.54) is 37.2 Å². The van der Waals surface area contributed by atoms with Gasteiger partial charge in [0, 0.05) is 5.38 Å². The molecule has 14 heavy (non-hydrogen) atoms. The van der Waals surface area contributed by atoms with Gasteiger partial charge >= 0.3 is 0 Å². The third-order valence-electron chi connectivity index (χ3n) is 2.93. The first kappa shape index (κ1) is 10.1. The molecule has 1 aromatic heterocycles. The number of hydrogen-bond donors (Lipinski definition) is 1. The van der Waals surface area contributed by atoms with Crippen molar-refractivity contribution in [3.05, 3.63) is 11.1 Å². The third-order valence-corrected chi connectivity index (χ3v) is 3.45. The SMILES string of the molecule is CCCNC(c1csnn1)C1CCC1. The van der Waals surface area contributed by atoms with Crippen molar-refractivity contribution >= 4 is 11.5 Å². The van der Waals surface area contributed by atoms with Crippen LogP contribution in [0.4, 0.5) is 0 Å². The average molecular weight is 211 g/mol. The molecule has 0 saturated heterocycles. The quantitative estimate of drug-likeness (QED) is 0.812. The molecule has 78 valence electrons. The Labute approximate surface area is 89.1 Å². The lowest BCUT2D eigenvalue weighted by atomic mass is 9.78. The Morgan fingerprint density at radius 3 is 3.00 bits per heavy atom. The lowest BCUT2D eigenvalue weighted by molar-refractivity contribution is 0.227. The Balaban J connectivity index is 1.98. The molecule has 0 radical (unpaired) electrons. The fourth-order valence-electron chi connectivity index (χ4n) is 1.89. The number of nitrogens with one attached hydrogen (secondary N) is 1. The van der Waals surface area contributed by atoms with Crippen LogP contribution in [-0.2, 0) is 0 Å². The van der Waals surface area contributed by atoms with Gasteiger partial charge in [-0.3, -0.25) is 0 Å². The molecule has 2 rings (SSSR count). The monoisotopic (exact) mass is 211 g/mol. The molecule has 1 fully saturated rings. The van der Waals surface area contributed by atoms with Gasteiger partial charge in [0.25, 0.3) is 0 Å². The zero-order valence-electron chi connectivity index (χ0n) is 8.57. The molecule has 0 spiro atoms. The van der Waals surface area contributed by atoms with E-state index in [4.69, 9.17) is 0 Å². The molecule has 1 aromatic rings. The van der Waals surface area contributed by atoms with Crippen molar-refractivity contribution in [1.82, 2.24) is 14.9 Å². The average Bonchev–Trinajstić information content (AvgIpc) is 2.61. The highest BCUT2D eigenvalue weighted by Gasteiger charge is 2.29. The van der Waals surface area contributed by atoms with Crippen molar-refractivity contribution in [2.45, 2.75) is 38.6 Å². The maximum Gasteiger partial charge on any atom is 0.0927 e. The molecule has 1 atom stereocenters. The number of aromatic nitrogens is 2. The van der Waals surface area contributed by atoms with E-state index < -0.39 is 0 Å². The Morgan fingerprint density at radius 2 is 2.50 bits per heavy atom. The van der Waals surface area contributed by atoms with E-state index in [-0.39, 0.29) is 0 Å². The van der Waals surface area contributed by atoms with Crippen molar-refractivity contribution in [3.63, 3.8) is 0 Å². The zero-order chi connectivity index (χ0) is 9.80. The van der Waals surface area contributed by atoms with Crippen molar-refractivity contribution in [3.8, 4) is 0 Å². The van der Waals surface area contributed by atoms with Crippen molar-refractivity contribution < 1.29 is 0 Å². The van der Waals surface area contributed by atoms with Crippen LogP contribution in [0.3, 0.4) is 0 Å². The van der Waals surface area contributed by atoms with E-state index in [1.54, 1.807) is 0 Å². The molecular weight excluding hydrogens is 194 g/mol. The summed E-state index contributed by atoms with van der Waals surface area (Å²) in [5.74, 6) is 0.797. The van der Waals surface area contributed by atoms with Gasteiger partial charge in [-0.15, -0.1) is 5.10 Å². The molecule has 1 heterocycles. The maximum absolute atomic E-state index is 4.18. The second-order valence-electron chi connectivity index (χ2n) is 3.95. The first-order valence-corrected chi connectivity index (χ1v) is 6.25. The number of hydrogen-bond acceptors (Lipinski definition) is 4. The van der Waals surface area contributed by atoms with Gasteiger partial charge in [0.15, 0.2) is 0 Å². The predicted octanol–water partition coefficient (Wildman–Crippen LogP) is 2.38. The zero-order valence-corrected chi connectivity index (χ0v) is 9.39. The smallest absolute Gasteiger partial charge is 0.0927 e. The third kappa shape index (κ3) is 2.12. The normalized spacial score (nSPS) is 19.2. The number of nitrogens with zero attached hydrogens (tertiary/aromatic N) is 2. The molecule has 1 aliphatic carbocycles. The summed E-state index contributed by atoms with van der Waals surface area (Å²) < 4.78 is 3.94. The van der Waals surface area contributed by atoms with E-state index in [1.807, 2.05) is 0 Å². The van der Waals surface area contributed by atoms with Crippen molar-refractivity contribution in [1.29, 1.82) is 0 Å². The first-order valence-electron chi connectivity index (χ1n) is 5.42. The summed E-state index contributed by atoms with van der Waals surface area (Å²) in [5.41, 5.74) is 1.15. The van der Waals surface area contributed by atoms with Crippen LogP contribution >= 0.6 is 11.5 Å². The molecule has 1 saturated carbocycles. The summed E-state index contributed by atoms with van der Waals surface area (Å²) in [5, 5.41) is 9.83. The summed E-state index contributed by atoms with van der Waals surface area (Å²) in [6.07, 6.45) is 5.26. The van der Waals surface area contributed by atoms with E-state index in [0.717, 1.165) is 18.2 Å². The Hall–Kier alpha value is -0.480. The predicted molar refractivity (Wildman–Crippen MR) is 58.3 cm³/mol. The molecule has 3 nitrogen and oxygen atoms in total. The highest BCUT2D eigenvalue weighted by atomic mass is 32.1. The summed E-state index contributed by atoms with van der Waals surface area (Å²) in [6, 6.07) is 0.461. The van der Waals surface area contributed by atoms with E-state index in [0.29, 0.717) is 6.04 Å². The second-order valence-corrected chi connectivity index (χ2v) is 4.56. The minimum atomic E-state index is 0.461. The van der Waals surface area contributed by atoms with Crippen LogP contribution in [0.1, 0.15) is 44.3 Å². The van der Waals surface area contributed by atoms with Crippen LogP contribution in [0.15, 0.2) is 5.38 Å². The van der Waals surface area contributed by atoms with Crippen LogP contribution in [0.5, 0.6) is 0 Å². The van der Waals surface area contributed by atoms with Gasteiger partial charge < -0.3 is 5.32 Å². The molecule has 4 heteroatoms. The summed E-state index contributed by atoms with van der Waals surface area (Å²) in [6.45, 7) is 3.28. The largest absolute Gasteiger partial charge is 0.308 e. The minimum Gasteiger partial charge on any atom is -0.308 e. The maximum atomic E-state index is 4.18. The van der Waals surface area contributed by atoms with Gasteiger partial charge in [-0.05, 0) is 43.3 Å². The van der Waals surface area contributed by atoms with Crippen LogP contribution in [-0.4, -0.2) is 16.1 Å². The Kier molecular flexibility index (Phi) is 3.48. The summed E-state index contributed by atoms with van der Waals surface area (Å²) >= 11 is 1.45. The summed E-state index contributed by atoms with van der Waals surface area (Å²) in [7, 11) is 0. The lowest BCUT2D eigenvalue weighted by Crippen LogP contribution is -2.32. The van der Waals surface area contributed by atoms with Gasteiger partial charge in [0.2, 0.25) is 0 Å². The van der Waals surface area contributed by atoms with Gasteiger partial charge in [-0.2, -0.15) is 0 Å². The fraction of sp³-hybridized carbons (Fsp3) is 0.800. The van der Waals surface area contributed by atoms with E-state index in [2.05, 4.69) is 27.2 Å². The molecule has 0 aromatic carbocycles. The van der Waals surface area contributed by atoms with Crippen molar-refractivity contribution in [2.75, 3.05) is 6.54 Å². The standard InChI is InChI=1S/C10H17N3S/c1-2-6-11-10(8-4-3-5-8)9-7-14-13-12-9/h7-8,10-11H,2-6H2,1H3. The first-order chi connectivity index (χ1) is 6.92. The van der Waals surface area contributed by atoms with Gasteiger partial charge in [0.1, 0.15) is 0 Å². The fourth-order valence-corrected chi connectivity index (χ4v) is 2.38. The highest BCUT2D eigenvalue weighted by molar-refractivity contribution is 7.03. The molecule has 0 amide bonds. The van der Waals surface area contributed by atoms with Gasteiger partial charge in [0.05, 0.1) is 11.7 Å². The molecular formula is C10H17N3S. The second kappa shape index (κ2) is 4.84. The molecule has 1 N–H and O–H groups in total. The Morgan fingerprint density at radius 1 is 1.64 bits per heavy atom. The van der Waals surface area contributed by atoms with Crippen LogP contribution in [0.2, 0.25) is 0 Å². The minimum absolute atomic E-state index is 0.461. The summed E-state index contributed by atoms with van der Waals surface area (Å²) in [4.78, 5) is 0. The molecule has 0 bridgehead atoms. The van der Waals surface area contributed by atoms with Crippen LogP contribution in [0.25, 0.3) is 0 Å². The molecule has 1 aliphatic rings. The Bertz CT molecular complexity index is 256. The molecule has 1 unspecified atom stereocenters. The van der Waals surface area contributed by atoms with Crippen LogP contribution in [0, 0.1) is 5.92 Å². The number of rotatable bonds is 5. The highest BCUT2D eigenvalue weighted by Crippen LogP contribution is 2.37. The lowest BCUT2D eigenvalue weighted by Gasteiger charge is -2.33. The topological polar surface area (TPSA) is 37.8 Å². The van der Waals surface area contributed by atoms with E-state index >= 15 is 0 Å². The van der Waals surface area contributed by atoms with E-state index in [9.17, 15) is 0 Å².